The molecule has 2 aromatic heterocycles. The summed E-state index contributed by atoms with van der Waals surface area (Å²) in [5.74, 6) is 4.85. The molecule has 3 heterocycles. The molecule has 1 N–H and O–H groups in total. The maximum Gasteiger partial charge on any atom is 0.127 e. The van der Waals surface area contributed by atoms with Crippen molar-refractivity contribution in [2.24, 2.45) is 33.5 Å². The number of ether oxygens (including phenoxy) is 1. The van der Waals surface area contributed by atoms with Gasteiger partial charge in [-0.2, -0.15) is 0 Å². The van der Waals surface area contributed by atoms with Gasteiger partial charge in [0.15, 0.2) is 0 Å². The highest BCUT2D eigenvalue weighted by Crippen LogP contribution is 2.46. The van der Waals surface area contributed by atoms with Crippen LogP contribution in [-0.2, 0) is 25.8 Å². The van der Waals surface area contributed by atoms with Crippen molar-refractivity contribution in [3.63, 3.8) is 0 Å². The molecule has 9 rings (SSSR count). The number of nitrogens with one attached hydrogen (secondary N) is 1. The van der Waals surface area contributed by atoms with Crippen LogP contribution in [0.2, 0.25) is 0 Å². The van der Waals surface area contributed by atoms with E-state index in [1.54, 1.807) is 13.8 Å². The van der Waals surface area contributed by atoms with Gasteiger partial charge in [-0.15, -0.1) is 0 Å². The second kappa shape index (κ2) is 25.3. The Hall–Kier alpha value is -4.94. The molecule has 1 aliphatic heterocycles. The zero-order valence-electron chi connectivity index (χ0n) is 49.2. The lowest BCUT2D eigenvalue weighted by molar-refractivity contribution is 0.0959. The number of hydrogen-bond donors (Lipinski definition) is 1. The first-order chi connectivity index (χ1) is 34.4. The summed E-state index contributed by atoms with van der Waals surface area (Å²) in [6.07, 6.45) is 12.0. The molecule has 6 aromatic rings. The predicted molar refractivity (Wildman–Crippen MR) is 312 cm³/mol. The highest BCUT2D eigenvalue weighted by atomic mass is 19.1. The fraction of sp³-hybridized carbons (Fsp3) is 0.529. The third kappa shape index (κ3) is 17.6. The summed E-state index contributed by atoms with van der Waals surface area (Å²) in [5.41, 5.74) is 11.2. The van der Waals surface area contributed by atoms with Crippen molar-refractivity contribution < 1.29 is 17.9 Å². The number of benzene rings is 4. The van der Waals surface area contributed by atoms with Gasteiger partial charge in [-0.05, 0) is 172 Å². The minimum atomic E-state index is -0.307. The van der Waals surface area contributed by atoms with Gasteiger partial charge in [0, 0.05) is 58.2 Å². The van der Waals surface area contributed by atoms with Crippen LogP contribution in [0.15, 0.2) is 125 Å². The molecule has 3 aliphatic rings. The van der Waals surface area contributed by atoms with Crippen LogP contribution in [0.5, 0.6) is 11.5 Å². The minimum Gasteiger partial charge on any atom is -0.468 e. The lowest BCUT2D eigenvalue weighted by atomic mass is 9.64. The minimum absolute atomic E-state index is 0.00231. The summed E-state index contributed by atoms with van der Waals surface area (Å²) in [6, 6.07) is 33.4. The number of aryl methyl sites for hydroxylation is 1. The largest absolute Gasteiger partial charge is 0.468 e. The highest BCUT2D eigenvalue weighted by Gasteiger charge is 2.35. The topological polar surface area (TPSA) is 41.4 Å². The zero-order chi connectivity index (χ0) is 54.8. The number of H-pyrrole nitrogens is 1. The van der Waals surface area contributed by atoms with Crippen molar-refractivity contribution in [1.82, 2.24) is 9.88 Å². The lowest BCUT2D eigenvalue weighted by Gasteiger charge is -2.41. The first-order valence-electron chi connectivity index (χ1n) is 27.8. The smallest absolute Gasteiger partial charge is 0.127 e. The third-order valence-corrected chi connectivity index (χ3v) is 15.4. The van der Waals surface area contributed by atoms with E-state index in [1.165, 1.54) is 84.1 Å². The number of rotatable bonds is 4. The quantitative estimate of drug-likeness (QED) is 0.191. The third-order valence-electron chi connectivity index (χ3n) is 15.4. The van der Waals surface area contributed by atoms with Crippen LogP contribution in [-0.4, -0.2) is 22.0 Å². The monoisotopic (exact) mass is 1010 g/mol. The first-order valence-corrected chi connectivity index (χ1v) is 27.8. The fourth-order valence-electron chi connectivity index (χ4n) is 10.6. The molecule has 4 aromatic carbocycles. The van der Waals surface area contributed by atoms with Gasteiger partial charge in [-0.1, -0.05) is 157 Å². The van der Waals surface area contributed by atoms with Crippen molar-refractivity contribution in [2.45, 2.75) is 194 Å². The van der Waals surface area contributed by atoms with Crippen molar-refractivity contribution in [1.29, 1.82) is 0 Å². The van der Waals surface area contributed by atoms with Crippen LogP contribution >= 0.6 is 0 Å². The molecule has 2 aliphatic carbocycles. The van der Waals surface area contributed by atoms with Crippen LogP contribution < -0.4 is 4.74 Å². The molecule has 0 saturated heterocycles. The molecule has 2 atom stereocenters. The second-order valence-corrected chi connectivity index (χ2v) is 26.9. The van der Waals surface area contributed by atoms with Crippen molar-refractivity contribution in [3.8, 4) is 22.6 Å². The Labute approximate surface area is 448 Å². The molecule has 0 amide bonds. The van der Waals surface area contributed by atoms with Crippen LogP contribution in [0.3, 0.4) is 0 Å². The van der Waals surface area contributed by atoms with Gasteiger partial charge in [-0.3, -0.25) is 4.90 Å². The number of fused-ring (bicyclic) bond motifs is 4. The normalized spacial score (nSPS) is 17.6. The molecule has 1 fully saturated rings. The second-order valence-electron chi connectivity index (χ2n) is 26.9. The highest BCUT2D eigenvalue weighted by molar-refractivity contribution is 5.84. The number of furan rings is 1. The Bertz CT molecular complexity index is 2680. The Morgan fingerprint density at radius 3 is 1.91 bits per heavy atom. The van der Waals surface area contributed by atoms with Gasteiger partial charge < -0.3 is 14.1 Å². The summed E-state index contributed by atoms with van der Waals surface area (Å²) in [5, 5.41) is 1.41. The van der Waals surface area contributed by atoms with E-state index in [0.717, 1.165) is 65.7 Å². The summed E-state index contributed by atoms with van der Waals surface area (Å²) < 4.78 is 37.5. The average Bonchev–Trinajstić information content (AvgIpc) is 3.93. The fourth-order valence-corrected chi connectivity index (χ4v) is 10.6. The Kier molecular flexibility index (Phi) is 20.5. The first kappa shape index (κ1) is 59.9. The molecule has 6 heteroatoms. The van der Waals surface area contributed by atoms with Gasteiger partial charge in [0.1, 0.15) is 28.9 Å². The number of aromatic nitrogens is 1. The number of halogens is 2. The van der Waals surface area contributed by atoms with Crippen molar-refractivity contribution in [2.75, 3.05) is 6.54 Å². The van der Waals surface area contributed by atoms with Gasteiger partial charge in [0.25, 0.3) is 0 Å². The summed E-state index contributed by atoms with van der Waals surface area (Å²) in [6.45, 7) is 41.6. The SMILES string of the molecule is CC(C)(C)C1CCc2occ(-c3ccc(F)cc3)c2C1.CC(C)(C)N1CCc2c([nH]c3ccccc23)C1.CC(C)=C(F)C(C)(C)C.CC(C)c1cccc(Oc2ccccc2)c1.CC1(C)CCCC(C(C)(C)C)C1. The molecule has 0 radical (unpaired) electrons. The molecule has 404 valence electrons. The van der Waals surface area contributed by atoms with E-state index in [2.05, 4.69) is 136 Å². The van der Waals surface area contributed by atoms with Gasteiger partial charge in [-0.25, -0.2) is 8.78 Å². The summed E-state index contributed by atoms with van der Waals surface area (Å²) >= 11 is 0. The Balaban J connectivity index is 0.000000176. The maximum absolute atomic E-state index is 13.1. The van der Waals surface area contributed by atoms with Crippen LogP contribution in [0.4, 0.5) is 8.78 Å². The summed E-state index contributed by atoms with van der Waals surface area (Å²) in [7, 11) is 0. The molecule has 1 saturated carbocycles. The predicted octanol–water partition coefficient (Wildman–Crippen LogP) is 20.7. The van der Waals surface area contributed by atoms with E-state index in [1.807, 2.05) is 81.6 Å². The van der Waals surface area contributed by atoms with Gasteiger partial charge in [0.2, 0.25) is 0 Å². The number of allylic oxidation sites excluding steroid dienone is 2. The molecule has 0 spiro atoms. The van der Waals surface area contributed by atoms with Crippen molar-refractivity contribution in [3.05, 3.63) is 155 Å². The number of nitrogens with zero attached hydrogens (tertiary/aromatic N) is 1. The molecular weight excluding hydrogens is 915 g/mol. The van der Waals surface area contributed by atoms with E-state index in [9.17, 15) is 8.78 Å². The van der Waals surface area contributed by atoms with E-state index < -0.39 is 0 Å². The van der Waals surface area contributed by atoms with Crippen molar-refractivity contribution >= 4 is 10.9 Å². The average molecular weight is 1010 g/mol. The molecule has 0 bridgehead atoms. The van der Waals surface area contributed by atoms with Gasteiger partial charge in [0.05, 0.1) is 6.26 Å². The summed E-state index contributed by atoms with van der Waals surface area (Å²) in [4.78, 5) is 6.12. The standard InChI is InChI=1S/C18H21FO.C15H20N2.C15H16O.C12H24.C8H15F/c1-18(2,3)13-6-9-17-15(10-13)16(11-20-17)12-4-7-14(19)8-5-12;1-15(2,3)17-9-8-12-11-6-4-5-7-13(11)16-14(12)10-17;1-12(2)13-7-6-10-15(11-13)16-14-8-4-3-5-9-14;1-11(2,3)10-7-6-8-12(4,5)9-10;1-6(2)7(9)8(3,4)5/h4-5,7-8,11,13H,6,9-10H2,1-3H3;4-7,16H,8-10H2,1-3H3;3-12H,1-2H3;10H,6-9H2,1-5H3;1-5H3. The number of hydrogen-bond acceptors (Lipinski definition) is 3. The van der Waals surface area contributed by atoms with Crippen LogP contribution in [0, 0.1) is 39.3 Å². The lowest BCUT2D eigenvalue weighted by Crippen LogP contribution is -2.44. The van der Waals surface area contributed by atoms with E-state index in [0.29, 0.717) is 28.1 Å². The van der Waals surface area contributed by atoms with E-state index in [-0.39, 0.29) is 22.6 Å². The molecule has 74 heavy (non-hydrogen) atoms. The van der Waals surface area contributed by atoms with Crippen LogP contribution in [0.25, 0.3) is 22.0 Å². The number of aromatic amines is 1. The molecular formula is C68H96F2N2O2. The van der Waals surface area contributed by atoms with Crippen LogP contribution in [0.1, 0.15) is 191 Å². The van der Waals surface area contributed by atoms with E-state index in [4.69, 9.17) is 9.15 Å². The van der Waals surface area contributed by atoms with Gasteiger partial charge >= 0.3 is 0 Å². The number of para-hydroxylation sites is 2. The van der Waals surface area contributed by atoms with E-state index >= 15 is 0 Å². The Morgan fingerprint density at radius 2 is 1.35 bits per heavy atom. The maximum atomic E-state index is 13.1. The molecule has 2 unspecified atom stereocenters. The molecule has 4 nitrogen and oxygen atoms in total. The Morgan fingerprint density at radius 1 is 0.730 bits per heavy atom. The zero-order valence-corrected chi connectivity index (χ0v) is 49.2.